The van der Waals surface area contributed by atoms with E-state index in [1.807, 2.05) is 19.2 Å². The number of urea groups is 1. The van der Waals surface area contributed by atoms with Crippen LogP contribution in [-0.4, -0.2) is 39.6 Å². The van der Waals surface area contributed by atoms with Gasteiger partial charge in [0, 0.05) is 18.0 Å². The van der Waals surface area contributed by atoms with Crippen LogP contribution in [0.4, 0.5) is 9.93 Å². The minimum absolute atomic E-state index is 0.0713. The zero-order chi connectivity index (χ0) is 13.7. The molecule has 1 rings (SSSR count). The van der Waals surface area contributed by atoms with Crippen LogP contribution in [0.1, 0.15) is 26.0 Å². The standard InChI is InChI=1S/C11H17N3O3S/c1-4-14(8(3)5-9(15)16)11(17)13-10-12-7(2)6-18-10/h6,8H,4-5H2,1-3H3,(H,15,16)(H,12,13,17). The summed E-state index contributed by atoms with van der Waals surface area (Å²) in [5.74, 6) is -0.918. The smallest absolute Gasteiger partial charge is 0.323 e. The third-order valence-corrected chi connectivity index (χ3v) is 3.31. The highest BCUT2D eigenvalue weighted by Crippen LogP contribution is 2.16. The molecule has 100 valence electrons. The first-order chi connectivity index (χ1) is 8.43. The number of carbonyl (C=O) groups excluding carboxylic acids is 1. The minimum atomic E-state index is -0.918. The Morgan fingerprint density at radius 1 is 1.61 bits per heavy atom. The molecule has 2 amide bonds. The van der Waals surface area contributed by atoms with E-state index in [9.17, 15) is 9.59 Å². The average molecular weight is 271 g/mol. The monoisotopic (exact) mass is 271 g/mol. The van der Waals surface area contributed by atoms with Crippen molar-refractivity contribution >= 4 is 28.5 Å². The molecule has 1 aromatic heterocycles. The molecule has 7 heteroatoms. The highest BCUT2D eigenvalue weighted by molar-refractivity contribution is 7.13. The molecule has 0 saturated heterocycles. The Morgan fingerprint density at radius 3 is 2.72 bits per heavy atom. The highest BCUT2D eigenvalue weighted by Gasteiger charge is 2.21. The summed E-state index contributed by atoms with van der Waals surface area (Å²) >= 11 is 1.35. The first kappa shape index (κ1) is 14.4. The lowest BCUT2D eigenvalue weighted by Gasteiger charge is -2.26. The number of aryl methyl sites for hydroxylation is 1. The van der Waals surface area contributed by atoms with Gasteiger partial charge >= 0.3 is 12.0 Å². The number of anilines is 1. The Hall–Kier alpha value is -1.63. The normalized spacial score (nSPS) is 11.9. The second-order valence-corrected chi connectivity index (χ2v) is 4.82. The van der Waals surface area contributed by atoms with Crippen molar-refractivity contribution in [2.24, 2.45) is 0 Å². The van der Waals surface area contributed by atoms with Crippen LogP contribution in [0, 0.1) is 6.92 Å². The van der Waals surface area contributed by atoms with Gasteiger partial charge in [-0.15, -0.1) is 11.3 Å². The summed E-state index contributed by atoms with van der Waals surface area (Å²) in [6.45, 7) is 5.82. The van der Waals surface area contributed by atoms with Crippen LogP contribution >= 0.6 is 11.3 Å². The van der Waals surface area contributed by atoms with Crippen LogP contribution in [-0.2, 0) is 4.79 Å². The number of carboxylic acid groups (broad SMARTS) is 1. The summed E-state index contributed by atoms with van der Waals surface area (Å²) in [6.07, 6.45) is -0.0713. The van der Waals surface area contributed by atoms with Gasteiger partial charge in [-0.05, 0) is 20.8 Å². The first-order valence-electron chi connectivity index (χ1n) is 5.65. The molecule has 1 heterocycles. The predicted molar refractivity (Wildman–Crippen MR) is 70.0 cm³/mol. The fourth-order valence-electron chi connectivity index (χ4n) is 1.59. The number of nitrogens with one attached hydrogen (secondary N) is 1. The number of carboxylic acids is 1. The molecule has 0 aliphatic heterocycles. The van der Waals surface area contributed by atoms with Crippen LogP contribution in [0.25, 0.3) is 0 Å². The quantitative estimate of drug-likeness (QED) is 0.859. The Labute approximate surface area is 110 Å². The third-order valence-electron chi connectivity index (χ3n) is 2.44. The number of aliphatic carboxylic acids is 1. The lowest BCUT2D eigenvalue weighted by atomic mass is 10.2. The van der Waals surface area contributed by atoms with E-state index in [1.54, 1.807) is 6.92 Å². The zero-order valence-electron chi connectivity index (χ0n) is 10.6. The molecule has 0 saturated carbocycles. The summed E-state index contributed by atoms with van der Waals surface area (Å²) in [4.78, 5) is 28.2. The average Bonchev–Trinajstić information content (AvgIpc) is 2.63. The fraction of sp³-hybridized carbons (Fsp3) is 0.545. The van der Waals surface area contributed by atoms with Crippen LogP contribution in [0.15, 0.2) is 5.38 Å². The SMILES string of the molecule is CCN(C(=O)Nc1nc(C)cs1)C(C)CC(=O)O. The highest BCUT2D eigenvalue weighted by atomic mass is 32.1. The van der Waals surface area contributed by atoms with Crippen molar-refractivity contribution in [2.75, 3.05) is 11.9 Å². The molecule has 0 aromatic carbocycles. The van der Waals surface area contributed by atoms with E-state index in [0.29, 0.717) is 11.7 Å². The van der Waals surface area contributed by atoms with Gasteiger partial charge in [0.15, 0.2) is 5.13 Å². The zero-order valence-corrected chi connectivity index (χ0v) is 11.5. The van der Waals surface area contributed by atoms with Gasteiger partial charge in [-0.3, -0.25) is 10.1 Å². The Balaban J connectivity index is 2.64. The van der Waals surface area contributed by atoms with Crippen molar-refractivity contribution < 1.29 is 14.7 Å². The molecule has 0 spiro atoms. The number of thiazole rings is 1. The Morgan fingerprint density at radius 2 is 2.28 bits per heavy atom. The second-order valence-electron chi connectivity index (χ2n) is 3.96. The number of nitrogens with zero attached hydrogens (tertiary/aromatic N) is 2. The fourth-order valence-corrected chi connectivity index (χ4v) is 2.27. The van der Waals surface area contributed by atoms with Crippen molar-refractivity contribution in [1.82, 2.24) is 9.88 Å². The number of carbonyl (C=O) groups is 2. The van der Waals surface area contributed by atoms with E-state index in [1.165, 1.54) is 16.2 Å². The number of amides is 2. The molecular formula is C11H17N3O3S. The molecule has 1 atom stereocenters. The number of aromatic nitrogens is 1. The molecule has 0 radical (unpaired) electrons. The van der Waals surface area contributed by atoms with Gasteiger partial charge in [0.25, 0.3) is 0 Å². The molecular weight excluding hydrogens is 254 g/mol. The number of hydrogen-bond donors (Lipinski definition) is 2. The topological polar surface area (TPSA) is 82.5 Å². The van der Waals surface area contributed by atoms with Crippen molar-refractivity contribution in [3.8, 4) is 0 Å². The molecule has 1 aromatic rings. The van der Waals surface area contributed by atoms with E-state index >= 15 is 0 Å². The van der Waals surface area contributed by atoms with Gasteiger partial charge in [-0.25, -0.2) is 9.78 Å². The van der Waals surface area contributed by atoms with E-state index in [-0.39, 0.29) is 18.5 Å². The molecule has 6 nitrogen and oxygen atoms in total. The van der Waals surface area contributed by atoms with Gasteiger partial charge in [-0.2, -0.15) is 0 Å². The van der Waals surface area contributed by atoms with Crippen molar-refractivity contribution in [3.05, 3.63) is 11.1 Å². The van der Waals surface area contributed by atoms with Crippen molar-refractivity contribution in [3.63, 3.8) is 0 Å². The van der Waals surface area contributed by atoms with E-state index in [0.717, 1.165) is 5.69 Å². The van der Waals surface area contributed by atoms with E-state index in [2.05, 4.69) is 10.3 Å². The van der Waals surface area contributed by atoms with Gasteiger partial charge in [0.2, 0.25) is 0 Å². The van der Waals surface area contributed by atoms with E-state index < -0.39 is 5.97 Å². The minimum Gasteiger partial charge on any atom is -0.481 e. The summed E-state index contributed by atoms with van der Waals surface area (Å²) in [5, 5.41) is 13.8. The Kier molecular flexibility index (Phi) is 5.08. The molecule has 0 aliphatic rings. The second kappa shape index (κ2) is 6.34. The predicted octanol–water partition coefficient (Wildman–Crippen LogP) is 2.17. The first-order valence-corrected chi connectivity index (χ1v) is 6.53. The van der Waals surface area contributed by atoms with Gasteiger partial charge in [0.1, 0.15) is 0 Å². The molecule has 0 bridgehead atoms. The van der Waals surface area contributed by atoms with Gasteiger partial charge in [0.05, 0.1) is 12.1 Å². The lowest BCUT2D eigenvalue weighted by Crippen LogP contribution is -2.42. The molecule has 0 fully saturated rings. The molecule has 2 N–H and O–H groups in total. The third kappa shape index (κ3) is 3.99. The van der Waals surface area contributed by atoms with Crippen LogP contribution in [0.5, 0.6) is 0 Å². The summed E-state index contributed by atoms with van der Waals surface area (Å²) < 4.78 is 0. The largest absolute Gasteiger partial charge is 0.481 e. The van der Waals surface area contributed by atoms with Crippen molar-refractivity contribution in [1.29, 1.82) is 0 Å². The van der Waals surface area contributed by atoms with Gasteiger partial charge in [-0.1, -0.05) is 0 Å². The summed E-state index contributed by atoms with van der Waals surface area (Å²) in [5.41, 5.74) is 0.844. The maximum absolute atomic E-state index is 12.0. The summed E-state index contributed by atoms with van der Waals surface area (Å²) in [7, 11) is 0. The van der Waals surface area contributed by atoms with Crippen LogP contribution in [0.3, 0.4) is 0 Å². The van der Waals surface area contributed by atoms with Crippen molar-refractivity contribution in [2.45, 2.75) is 33.2 Å². The van der Waals surface area contributed by atoms with Crippen LogP contribution < -0.4 is 5.32 Å². The Bertz CT molecular complexity index is 433. The lowest BCUT2D eigenvalue weighted by molar-refractivity contribution is -0.137. The van der Waals surface area contributed by atoms with Crippen LogP contribution in [0.2, 0.25) is 0 Å². The molecule has 1 unspecified atom stereocenters. The molecule has 18 heavy (non-hydrogen) atoms. The van der Waals surface area contributed by atoms with E-state index in [4.69, 9.17) is 5.11 Å². The number of hydrogen-bond acceptors (Lipinski definition) is 4. The maximum atomic E-state index is 12.0. The maximum Gasteiger partial charge on any atom is 0.323 e. The summed E-state index contributed by atoms with van der Waals surface area (Å²) in [6, 6.07) is -0.672. The number of rotatable bonds is 5. The van der Waals surface area contributed by atoms with Gasteiger partial charge < -0.3 is 10.0 Å². The molecule has 0 aliphatic carbocycles.